The third-order valence-electron chi connectivity index (χ3n) is 3.10. The van der Waals surface area contributed by atoms with Crippen molar-refractivity contribution in [2.75, 3.05) is 7.05 Å². The van der Waals surface area contributed by atoms with Crippen molar-refractivity contribution in [3.05, 3.63) is 34.2 Å². The quantitative estimate of drug-likeness (QED) is 0.816. The van der Waals surface area contributed by atoms with Crippen LogP contribution in [-0.4, -0.2) is 16.6 Å². The predicted octanol–water partition coefficient (Wildman–Crippen LogP) is 1.38. The van der Waals surface area contributed by atoms with Crippen molar-refractivity contribution in [3.8, 4) is 0 Å². The van der Waals surface area contributed by atoms with Crippen LogP contribution in [-0.2, 0) is 6.54 Å². The van der Waals surface area contributed by atoms with Crippen LogP contribution in [0.3, 0.4) is 0 Å². The number of nitrogens with one attached hydrogen (secondary N) is 2. The van der Waals surface area contributed by atoms with Gasteiger partial charge in [0.2, 0.25) is 0 Å². The summed E-state index contributed by atoms with van der Waals surface area (Å²) >= 11 is 0. The van der Waals surface area contributed by atoms with Crippen LogP contribution < -0.4 is 11.0 Å². The van der Waals surface area contributed by atoms with E-state index >= 15 is 0 Å². The molecule has 0 radical (unpaired) electrons. The van der Waals surface area contributed by atoms with Gasteiger partial charge in [-0.3, -0.25) is 4.57 Å². The largest absolute Gasteiger partial charge is 0.326 e. The highest BCUT2D eigenvalue weighted by atomic mass is 16.1. The van der Waals surface area contributed by atoms with Gasteiger partial charge in [0.1, 0.15) is 0 Å². The predicted molar refractivity (Wildman–Crippen MR) is 63.6 cm³/mol. The first-order valence-corrected chi connectivity index (χ1v) is 5.68. The number of rotatable bonds is 3. The molecule has 2 aromatic rings. The van der Waals surface area contributed by atoms with Crippen molar-refractivity contribution in [2.45, 2.75) is 25.4 Å². The minimum absolute atomic E-state index is 0.0288. The molecule has 4 heteroatoms. The van der Waals surface area contributed by atoms with Crippen LogP contribution in [0.15, 0.2) is 23.0 Å². The lowest BCUT2D eigenvalue weighted by Gasteiger charge is -2.06. The van der Waals surface area contributed by atoms with E-state index in [1.165, 1.54) is 5.56 Å². The Morgan fingerprint density at radius 1 is 1.50 bits per heavy atom. The number of hydrogen-bond donors (Lipinski definition) is 2. The molecule has 0 spiro atoms. The van der Waals surface area contributed by atoms with Gasteiger partial charge in [-0.25, -0.2) is 4.79 Å². The molecule has 1 aliphatic rings. The molecule has 0 bridgehead atoms. The third-order valence-corrected chi connectivity index (χ3v) is 3.10. The number of H-pyrrole nitrogens is 1. The van der Waals surface area contributed by atoms with Crippen LogP contribution >= 0.6 is 0 Å². The number of hydrogen-bond acceptors (Lipinski definition) is 2. The molecule has 0 unspecified atom stereocenters. The van der Waals surface area contributed by atoms with Crippen molar-refractivity contribution in [1.29, 1.82) is 0 Å². The standard InChI is InChI=1S/C12H15N3O/c1-13-7-8-3-2-4-10-11(8)15(9-5-6-9)12(16)14-10/h2-4,9,13H,5-7H2,1H3,(H,14,16). The van der Waals surface area contributed by atoms with Gasteiger partial charge in [0, 0.05) is 12.6 Å². The Balaban J connectivity index is 2.29. The van der Waals surface area contributed by atoms with Crippen LogP contribution in [0.2, 0.25) is 0 Å². The number of imidazole rings is 1. The second-order valence-corrected chi connectivity index (χ2v) is 4.37. The first-order chi connectivity index (χ1) is 7.81. The minimum atomic E-state index is 0.0288. The average molecular weight is 217 g/mol. The van der Waals surface area contributed by atoms with E-state index < -0.39 is 0 Å². The van der Waals surface area contributed by atoms with Gasteiger partial charge >= 0.3 is 5.69 Å². The minimum Gasteiger partial charge on any atom is -0.316 e. The molecule has 2 N–H and O–H groups in total. The van der Waals surface area contributed by atoms with Gasteiger partial charge in [-0.15, -0.1) is 0 Å². The number of fused-ring (bicyclic) bond motifs is 1. The smallest absolute Gasteiger partial charge is 0.316 e. The number of benzene rings is 1. The van der Waals surface area contributed by atoms with Gasteiger partial charge in [-0.05, 0) is 31.5 Å². The molecule has 0 saturated heterocycles. The van der Waals surface area contributed by atoms with E-state index in [-0.39, 0.29) is 5.69 Å². The summed E-state index contributed by atoms with van der Waals surface area (Å²) in [4.78, 5) is 14.8. The fourth-order valence-electron chi connectivity index (χ4n) is 2.27. The van der Waals surface area contributed by atoms with Crippen molar-refractivity contribution in [3.63, 3.8) is 0 Å². The molecule has 1 aliphatic carbocycles. The number of para-hydroxylation sites is 1. The molecule has 1 heterocycles. The third kappa shape index (κ3) is 1.38. The Morgan fingerprint density at radius 2 is 2.31 bits per heavy atom. The van der Waals surface area contributed by atoms with Gasteiger partial charge in [-0.2, -0.15) is 0 Å². The monoisotopic (exact) mass is 217 g/mol. The average Bonchev–Trinajstić information content (AvgIpc) is 3.02. The van der Waals surface area contributed by atoms with Crippen LogP contribution in [0.4, 0.5) is 0 Å². The van der Waals surface area contributed by atoms with Crippen molar-refractivity contribution >= 4 is 11.0 Å². The summed E-state index contributed by atoms with van der Waals surface area (Å²) in [6, 6.07) is 6.45. The molecule has 1 saturated carbocycles. The van der Waals surface area contributed by atoms with E-state index in [9.17, 15) is 4.79 Å². The first-order valence-electron chi connectivity index (χ1n) is 5.68. The Hall–Kier alpha value is -1.55. The van der Waals surface area contributed by atoms with Gasteiger partial charge < -0.3 is 10.3 Å². The second kappa shape index (κ2) is 3.49. The number of aromatic amines is 1. The molecule has 3 rings (SSSR count). The molecule has 1 fully saturated rings. The van der Waals surface area contributed by atoms with E-state index in [1.54, 1.807) is 0 Å². The van der Waals surface area contributed by atoms with Crippen LogP contribution in [0.25, 0.3) is 11.0 Å². The molecule has 0 aliphatic heterocycles. The lowest BCUT2D eigenvalue weighted by molar-refractivity contribution is 0.724. The molecule has 16 heavy (non-hydrogen) atoms. The molecule has 0 amide bonds. The van der Waals surface area contributed by atoms with E-state index in [1.807, 2.05) is 23.7 Å². The van der Waals surface area contributed by atoms with Crippen molar-refractivity contribution in [1.82, 2.24) is 14.9 Å². The highest BCUT2D eigenvalue weighted by molar-refractivity contribution is 5.79. The zero-order valence-corrected chi connectivity index (χ0v) is 9.29. The van der Waals surface area contributed by atoms with E-state index in [2.05, 4.69) is 16.4 Å². The Bertz CT molecular complexity index is 577. The Kier molecular flexibility index (Phi) is 2.11. The zero-order valence-electron chi connectivity index (χ0n) is 9.29. The molecular formula is C12H15N3O. The Labute approximate surface area is 93.3 Å². The molecule has 0 atom stereocenters. The van der Waals surface area contributed by atoms with E-state index in [4.69, 9.17) is 0 Å². The van der Waals surface area contributed by atoms with Gasteiger partial charge in [0.25, 0.3) is 0 Å². The summed E-state index contributed by atoms with van der Waals surface area (Å²) in [5.74, 6) is 0. The van der Waals surface area contributed by atoms with Gasteiger partial charge in [-0.1, -0.05) is 12.1 Å². The summed E-state index contributed by atoms with van der Waals surface area (Å²) < 4.78 is 1.92. The fourth-order valence-corrected chi connectivity index (χ4v) is 2.27. The second-order valence-electron chi connectivity index (χ2n) is 4.37. The van der Waals surface area contributed by atoms with Gasteiger partial charge in [0.05, 0.1) is 11.0 Å². The summed E-state index contributed by atoms with van der Waals surface area (Å²) in [5, 5.41) is 3.14. The lowest BCUT2D eigenvalue weighted by Crippen LogP contribution is -2.16. The lowest BCUT2D eigenvalue weighted by atomic mass is 10.2. The summed E-state index contributed by atoms with van der Waals surface area (Å²) in [7, 11) is 1.92. The topological polar surface area (TPSA) is 49.8 Å². The highest BCUT2D eigenvalue weighted by Crippen LogP contribution is 2.36. The van der Waals surface area contributed by atoms with Crippen LogP contribution in [0.5, 0.6) is 0 Å². The molecule has 84 valence electrons. The van der Waals surface area contributed by atoms with Crippen molar-refractivity contribution in [2.24, 2.45) is 0 Å². The van der Waals surface area contributed by atoms with E-state index in [0.29, 0.717) is 6.04 Å². The summed E-state index contributed by atoms with van der Waals surface area (Å²) in [6.45, 7) is 0.793. The number of nitrogens with zero attached hydrogens (tertiary/aromatic N) is 1. The van der Waals surface area contributed by atoms with E-state index in [0.717, 1.165) is 30.4 Å². The maximum atomic E-state index is 11.9. The Morgan fingerprint density at radius 3 is 3.00 bits per heavy atom. The first kappa shape index (κ1) is 9.66. The molecule has 1 aromatic heterocycles. The zero-order chi connectivity index (χ0) is 11.1. The van der Waals surface area contributed by atoms with Gasteiger partial charge in [0.15, 0.2) is 0 Å². The summed E-state index contributed by atoms with van der Waals surface area (Å²) in [6.07, 6.45) is 2.25. The molecular weight excluding hydrogens is 202 g/mol. The maximum Gasteiger partial charge on any atom is 0.326 e. The molecule has 1 aromatic carbocycles. The number of aromatic nitrogens is 2. The van der Waals surface area contributed by atoms with Crippen LogP contribution in [0, 0.1) is 0 Å². The summed E-state index contributed by atoms with van der Waals surface area (Å²) in [5.41, 5.74) is 3.24. The normalized spacial score (nSPS) is 15.8. The maximum absolute atomic E-state index is 11.9. The highest BCUT2D eigenvalue weighted by Gasteiger charge is 2.27. The SMILES string of the molecule is CNCc1cccc2[nH]c(=O)n(C3CC3)c12. The van der Waals surface area contributed by atoms with Crippen molar-refractivity contribution < 1.29 is 0 Å². The van der Waals surface area contributed by atoms with Crippen LogP contribution in [0.1, 0.15) is 24.4 Å². The fraction of sp³-hybridized carbons (Fsp3) is 0.417. The molecule has 4 nitrogen and oxygen atoms in total.